The highest BCUT2D eigenvalue weighted by Crippen LogP contribution is 2.25. The van der Waals surface area contributed by atoms with E-state index >= 15 is 0 Å². The highest BCUT2D eigenvalue weighted by atomic mass is 32.1. The van der Waals surface area contributed by atoms with Crippen molar-refractivity contribution in [2.75, 3.05) is 0 Å². The second kappa shape index (κ2) is 3.66. The fourth-order valence-corrected chi connectivity index (χ4v) is 1.99. The molecule has 0 amide bonds. The molecule has 66 valence electrons. The van der Waals surface area contributed by atoms with E-state index in [0.717, 1.165) is 6.42 Å². The maximum absolute atomic E-state index is 4.31. The van der Waals surface area contributed by atoms with Crippen molar-refractivity contribution < 1.29 is 0 Å². The van der Waals surface area contributed by atoms with Crippen LogP contribution in [0.2, 0.25) is 0 Å². The van der Waals surface area contributed by atoms with Gasteiger partial charge in [0.05, 0.1) is 9.88 Å². The van der Waals surface area contributed by atoms with Crippen LogP contribution in [0.15, 0.2) is 30.7 Å². The van der Waals surface area contributed by atoms with E-state index in [9.17, 15) is 0 Å². The third-order valence-electron chi connectivity index (χ3n) is 1.82. The standard InChI is InChI=1S/C10H10N2S/c1-2-10-12-7-9(13-10)8-3-5-11-6-4-8/h3-7H,2H2,1H3. The molecule has 2 heterocycles. The molecule has 0 aliphatic rings. The number of hydrogen-bond acceptors (Lipinski definition) is 3. The van der Waals surface area contributed by atoms with Crippen molar-refractivity contribution in [3.63, 3.8) is 0 Å². The van der Waals surface area contributed by atoms with Gasteiger partial charge in [0, 0.05) is 18.6 Å². The van der Waals surface area contributed by atoms with E-state index in [-0.39, 0.29) is 0 Å². The van der Waals surface area contributed by atoms with Crippen LogP contribution in [0.1, 0.15) is 11.9 Å². The van der Waals surface area contributed by atoms with Crippen LogP contribution in [0.5, 0.6) is 0 Å². The first kappa shape index (κ1) is 8.38. The van der Waals surface area contributed by atoms with Crippen LogP contribution in [-0.2, 0) is 6.42 Å². The first-order chi connectivity index (χ1) is 6.40. The Morgan fingerprint density at radius 1 is 1.31 bits per heavy atom. The summed E-state index contributed by atoms with van der Waals surface area (Å²) in [4.78, 5) is 9.51. The molecular formula is C10H10N2S. The first-order valence-corrected chi connectivity index (χ1v) is 5.07. The lowest BCUT2D eigenvalue weighted by molar-refractivity contribution is 1.09. The Labute approximate surface area is 81.3 Å². The van der Waals surface area contributed by atoms with Gasteiger partial charge in [-0.15, -0.1) is 11.3 Å². The quantitative estimate of drug-likeness (QED) is 0.727. The van der Waals surface area contributed by atoms with E-state index in [1.807, 2.05) is 18.3 Å². The molecule has 0 N–H and O–H groups in total. The minimum atomic E-state index is 1.01. The molecule has 2 aromatic heterocycles. The number of nitrogens with zero attached hydrogens (tertiary/aromatic N) is 2. The molecule has 0 atom stereocenters. The molecule has 0 radical (unpaired) electrons. The van der Waals surface area contributed by atoms with Gasteiger partial charge < -0.3 is 0 Å². The molecule has 13 heavy (non-hydrogen) atoms. The van der Waals surface area contributed by atoms with Gasteiger partial charge in [-0.2, -0.15) is 0 Å². The number of aromatic nitrogens is 2. The van der Waals surface area contributed by atoms with E-state index in [0.29, 0.717) is 0 Å². The first-order valence-electron chi connectivity index (χ1n) is 4.25. The van der Waals surface area contributed by atoms with Gasteiger partial charge in [-0.1, -0.05) is 6.92 Å². The van der Waals surface area contributed by atoms with Crippen molar-refractivity contribution in [1.82, 2.24) is 9.97 Å². The second-order valence-corrected chi connectivity index (χ2v) is 3.82. The monoisotopic (exact) mass is 190 g/mol. The predicted octanol–water partition coefficient (Wildman–Crippen LogP) is 2.77. The Kier molecular flexibility index (Phi) is 2.36. The summed E-state index contributed by atoms with van der Waals surface area (Å²) in [6, 6.07) is 4.01. The van der Waals surface area contributed by atoms with E-state index in [2.05, 4.69) is 16.9 Å². The van der Waals surface area contributed by atoms with Crippen molar-refractivity contribution in [2.24, 2.45) is 0 Å². The van der Waals surface area contributed by atoms with E-state index < -0.39 is 0 Å². The maximum Gasteiger partial charge on any atom is 0.0928 e. The van der Waals surface area contributed by atoms with Crippen molar-refractivity contribution >= 4 is 11.3 Å². The summed E-state index contributed by atoms with van der Waals surface area (Å²) in [6.45, 7) is 2.12. The van der Waals surface area contributed by atoms with Gasteiger partial charge in [0.1, 0.15) is 0 Å². The third kappa shape index (κ3) is 1.75. The van der Waals surface area contributed by atoms with Gasteiger partial charge in [-0.25, -0.2) is 4.98 Å². The van der Waals surface area contributed by atoms with Gasteiger partial charge in [0.2, 0.25) is 0 Å². The van der Waals surface area contributed by atoms with Gasteiger partial charge >= 0.3 is 0 Å². The zero-order chi connectivity index (χ0) is 9.10. The fourth-order valence-electron chi connectivity index (χ4n) is 1.12. The molecule has 2 rings (SSSR count). The molecule has 0 bridgehead atoms. The third-order valence-corrected chi connectivity index (χ3v) is 3.01. The van der Waals surface area contributed by atoms with Crippen LogP contribution in [-0.4, -0.2) is 9.97 Å². The van der Waals surface area contributed by atoms with Crippen LogP contribution in [0, 0.1) is 0 Å². The van der Waals surface area contributed by atoms with E-state index in [1.54, 1.807) is 23.7 Å². The second-order valence-electron chi connectivity index (χ2n) is 2.71. The summed E-state index contributed by atoms with van der Waals surface area (Å²) in [6.07, 6.45) is 6.55. The minimum absolute atomic E-state index is 1.01. The summed E-state index contributed by atoms with van der Waals surface area (Å²) >= 11 is 1.75. The SMILES string of the molecule is CCc1ncc(-c2ccncc2)s1. The highest BCUT2D eigenvalue weighted by Gasteiger charge is 2.01. The smallest absolute Gasteiger partial charge is 0.0928 e. The molecular weight excluding hydrogens is 180 g/mol. The molecule has 0 unspecified atom stereocenters. The molecule has 0 aromatic carbocycles. The van der Waals surface area contributed by atoms with Crippen LogP contribution in [0.4, 0.5) is 0 Å². The van der Waals surface area contributed by atoms with Crippen molar-refractivity contribution in [1.29, 1.82) is 0 Å². The number of aryl methyl sites for hydroxylation is 1. The largest absolute Gasteiger partial charge is 0.265 e. The Balaban J connectivity index is 2.36. The number of rotatable bonds is 2. The minimum Gasteiger partial charge on any atom is -0.265 e. The topological polar surface area (TPSA) is 25.8 Å². The Morgan fingerprint density at radius 2 is 2.08 bits per heavy atom. The molecule has 0 aliphatic carbocycles. The lowest BCUT2D eigenvalue weighted by Crippen LogP contribution is -1.71. The molecule has 2 aromatic rings. The van der Waals surface area contributed by atoms with Gasteiger partial charge in [0.25, 0.3) is 0 Å². The molecule has 0 fully saturated rings. The molecule has 0 spiro atoms. The number of pyridine rings is 1. The number of thiazole rings is 1. The van der Waals surface area contributed by atoms with E-state index in [1.165, 1.54) is 15.4 Å². The zero-order valence-corrected chi connectivity index (χ0v) is 8.21. The Bertz CT molecular complexity index is 381. The van der Waals surface area contributed by atoms with Crippen LogP contribution in [0.25, 0.3) is 10.4 Å². The zero-order valence-electron chi connectivity index (χ0n) is 7.40. The summed E-state index contributed by atoms with van der Waals surface area (Å²) < 4.78 is 0. The lowest BCUT2D eigenvalue weighted by atomic mass is 10.2. The lowest BCUT2D eigenvalue weighted by Gasteiger charge is -1.92. The maximum atomic E-state index is 4.31. The highest BCUT2D eigenvalue weighted by molar-refractivity contribution is 7.15. The molecule has 2 nitrogen and oxygen atoms in total. The summed E-state index contributed by atoms with van der Waals surface area (Å²) in [5.74, 6) is 0. The van der Waals surface area contributed by atoms with Gasteiger partial charge in [-0.05, 0) is 24.1 Å². The fraction of sp³-hybridized carbons (Fsp3) is 0.200. The number of hydrogen-bond donors (Lipinski definition) is 0. The average molecular weight is 190 g/mol. The van der Waals surface area contributed by atoms with Crippen molar-refractivity contribution in [3.05, 3.63) is 35.7 Å². The van der Waals surface area contributed by atoms with E-state index in [4.69, 9.17) is 0 Å². The van der Waals surface area contributed by atoms with Crippen LogP contribution >= 0.6 is 11.3 Å². The molecule has 0 saturated heterocycles. The van der Waals surface area contributed by atoms with Gasteiger partial charge in [0.15, 0.2) is 0 Å². The molecule has 0 saturated carbocycles. The summed E-state index contributed by atoms with van der Waals surface area (Å²) in [5.41, 5.74) is 1.20. The Hall–Kier alpha value is -1.22. The summed E-state index contributed by atoms with van der Waals surface area (Å²) in [7, 11) is 0. The summed E-state index contributed by atoms with van der Waals surface area (Å²) in [5, 5.41) is 1.19. The van der Waals surface area contributed by atoms with Crippen LogP contribution < -0.4 is 0 Å². The van der Waals surface area contributed by atoms with Gasteiger partial charge in [-0.3, -0.25) is 4.98 Å². The molecule has 0 aliphatic heterocycles. The predicted molar refractivity (Wildman–Crippen MR) is 54.7 cm³/mol. The van der Waals surface area contributed by atoms with Crippen molar-refractivity contribution in [3.8, 4) is 10.4 Å². The van der Waals surface area contributed by atoms with Crippen molar-refractivity contribution in [2.45, 2.75) is 13.3 Å². The normalized spacial score (nSPS) is 10.2. The average Bonchev–Trinajstić information content (AvgIpc) is 2.67. The van der Waals surface area contributed by atoms with Crippen LogP contribution in [0.3, 0.4) is 0 Å². The molecule has 3 heteroatoms. The Morgan fingerprint density at radius 3 is 2.69 bits per heavy atom.